The zero-order chi connectivity index (χ0) is 20.6. The minimum Gasteiger partial charge on any atom is -0.329 e. The first-order valence-corrected chi connectivity index (χ1v) is 9.87. The van der Waals surface area contributed by atoms with E-state index in [-0.39, 0.29) is 11.6 Å². The predicted molar refractivity (Wildman–Crippen MR) is 107 cm³/mol. The molecule has 4 atom stereocenters. The lowest BCUT2D eigenvalue weighted by Gasteiger charge is -2.47. The number of nitriles is 3. The van der Waals surface area contributed by atoms with E-state index >= 15 is 0 Å². The Bertz CT molecular complexity index is 962. The van der Waals surface area contributed by atoms with E-state index in [1.54, 1.807) is 18.2 Å². The number of rotatable bonds is 2. The third kappa shape index (κ3) is 2.90. The Balaban J connectivity index is 2.30. The average Bonchev–Trinajstić information content (AvgIpc) is 2.69. The smallest absolute Gasteiger partial charge is 0.190 e. The average molecular weight is 413 g/mol. The van der Waals surface area contributed by atoms with Crippen LogP contribution in [-0.2, 0) is 0 Å². The summed E-state index contributed by atoms with van der Waals surface area (Å²) in [6.07, 6.45) is 2.01. The topological polar surface area (TPSA) is 99.7 Å². The fourth-order valence-corrected chi connectivity index (χ4v) is 4.92. The van der Waals surface area contributed by atoms with E-state index < -0.39 is 17.3 Å². The molecule has 28 heavy (non-hydrogen) atoms. The molecule has 142 valence electrons. The van der Waals surface area contributed by atoms with Gasteiger partial charge in [0, 0.05) is 11.8 Å². The zero-order valence-electron chi connectivity index (χ0n) is 15.6. The second-order valence-electron chi connectivity index (χ2n) is 7.66. The largest absolute Gasteiger partial charge is 0.329 e. The minimum absolute atomic E-state index is 0.170. The number of halogens is 2. The lowest BCUT2D eigenvalue weighted by Crippen LogP contribution is -3.16. The van der Waals surface area contributed by atoms with Crippen LogP contribution in [0.4, 0.5) is 0 Å². The van der Waals surface area contributed by atoms with Crippen molar-refractivity contribution >= 4 is 28.9 Å². The summed E-state index contributed by atoms with van der Waals surface area (Å²) in [5.74, 6) is -1.78. The molecule has 0 radical (unpaired) electrons. The Morgan fingerprint density at radius 1 is 1.21 bits per heavy atom. The standard InChI is InChI=1S/C21H19Cl2N5/c1-12(2)28-7-6-13-15(8-24)20(27)21(10-25,11-26)18(16(13)9-28)14-4-3-5-17(22)19(14)23/h3-6,12,15-16,18,27H,7,9H2,1-2H3/p+1/t15?,16-,18-/m1/s1. The predicted octanol–water partition coefficient (Wildman–Crippen LogP) is 3.13. The number of hydrogen-bond acceptors (Lipinski definition) is 4. The van der Waals surface area contributed by atoms with Crippen LogP contribution in [0.2, 0.25) is 10.0 Å². The fourth-order valence-electron chi connectivity index (χ4n) is 4.50. The molecule has 0 amide bonds. The van der Waals surface area contributed by atoms with Crippen molar-refractivity contribution < 1.29 is 4.90 Å². The monoisotopic (exact) mass is 412 g/mol. The summed E-state index contributed by atoms with van der Waals surface area (Å²) in [4.78, 5) is 1.30. The molecule has 0 aromatic heterocycles. The molecule has 0 saturated heterocycles. The molecule has 7 heteroatoms. The highest BCUT2D eigenvalue weighted by atomic mass is 35.5. The van der Waals surface area contributed by atoms with E-state index in [0.717, 1.165) is 12.1 Å². The van der Waals surface area contributed by atoms with Gasteiger partial charge >= 0.3 is 0 Å². The van der Waals surface area contributed by atoms with Crippen LogP contribution >= 0.6 is 23.2 Å². The SMILES string of the molecule is CC(C)[NH+]1CC=C2C(C#N)C(=N)C(C#N)(C#N)[C@H](c3cccc(Cl)c3Cl)[C@@H]2C1. The highest BCUT2D eigenvalue weighted by Gasteiger charge is 2.59. The summed E-state index contributed by atoms with van der Waals surface area (Å²) in [6.45, 7) is 5.64. The van der Waals surface area contributed by atoms with Crippen molar-refractivity contribution in [3.63, 3.8) is 0 Å². The summed E-state index contributed by atoms with van der Waals surface area (Å²) in [5.41, 5.74) is -0.536. The van der Waals surface area contributed by atoms with E-state index in [4.69, 9.17) is 28.6 Å². The van der Waals surface area contributed by atoms with Gasteiger partial charge in [0.25, 0.3) is 0 Å². The number of nitrogens with zero attached hydrogens (tertiary/aromatic N) is 3. The normalized spacial score (nSPS) is 28.5. The van der Waals surface area contributed by atoms with Gasteiger partial charge < -0.3 is 10.3 Å². The van der Waals surface area contributed by atoms with Crippen LogP contribution in [0.3, 0.4) is 0 Å². The van der Waals surface area contributed by atoms with E-state index in [0.29, 0.717) is 28.2 Å². The third-order valence-electron chi connectivity index (χ3n) is 6.04. The maximum Gasteiger partial charge on any atom is 0.190 e. The first-order chi connectivity index (χ1) is 13.3. The fraction of sp³-hybridized carbons (Fsp3) is 0.429. The van der Waals surface area contributed by atoms with Crippen molar-refractivity contribution in [2.24, 2.45) is 17.3 Å². The molecular weight excluding hydrogens is 393 g/mol. The summed E-state index contributed by atoms with van der Waals surface area (Å²) >= 11 is 12.7. The molecule has 1 aromatic rings. The van der Waals surface area contributed by atoms with Crippen LogP contribution in [0.1, 0.15) is 25.3 Å². The first-order valence-electron chi connectivity index (χ1n) is 9.11. The third-order valence-corrected chi connectivity index (χ3v) is 6.87. The molecule has 5 nitrogen and oxygen atoms in total. The van der Waals surface area contributed by atoms with Gasteiger partial charge in [0.1, 0.15) is 5.92 Å². The van der Waals surface area contributed by atoms with Crippen LogP contribution in [-0.4, -0.2) is 24.8 Å². The van der Waals surface area contributed by atoms with Crippen molar-refractivity contribution in [2.45, 2.75) is 25.8 Å². The highest BCUT2D eigenvalue weighted by Crippen LogP contribution is 2.54. The number of fused-ring (bicyclic) bond motifs is 1. The van der Waals surface area contributed by atoms with E-state index in [1.165, 1.54) is 4.90 Å². The molecule has 1 saturated carbocycles. The number of nitrogens with one attached hydrogen (secondary N) is 2. The van der Waals surface area contributed by atoms with Gasteiger partial charge in [-0.1, -0.05) is 35.3 Å². The lowest BCUT2D eigenvalue weighted by molar-refractivity contribution is -0.920. The van der Waals surface area contributed by atoms with Crippen LogP contribution < -0.4 is 4.90 Å². The van der Waals surface area contributed by atoms with Gasteiger partial charge in [-0.2, -0.15) is 15.8 Å². The molecule has 3 rings (SSSR count). The summed E-state index contributed by atoms with van der Waals surface area (Å²) < 4.78 is 0. The molecule has 2 aliphatic rings. The molecule has 1 heterocycles. The molecule has 0 spiro atoms. The van der Waals surface area contributed by atoms with E-state index in [1.807, 2.05) is 6.08 Å². The Labute approximate surface area is 174 Å². The van der Waals surface area contributed by atoms with Gasteiger partial charge in [-0.05, 0) is 37.1 Å². The Hall–Kier alpha value is -2.36. The van der Waals surface area contributed by atoms with Crippen molar-refractivity contribution in [2.75, 3.05) is 13.1 Å². The van der Waals surface area contributed by atoms with Gasteiger partial charge in [0.15, 0.2) is 5.41 Å². The van der Waals surface area contributed by atoms with Crippen LogP contribution in [0.5, 0.6) is 0 Å². The van der Waals surface area contributed by atoms with Crippen LogP contribution in [0, 0.1) is 56.7 Å². The van der Waals surface area contributed by atoms with Crippen molar-refractivity contribution in [3.8, 4) is 18.2 Å². The zero-order valence-corrected chi connectivity index (χ0v) is 17.1. The molecule has 0 bridgehead atoms. The van der Waals surface area contributed by atoms with Gasteiger partial charge in [-0.15, -0.1) is 0 Å². The highest BCUT2D eigenvalue weighted by molar-refractivity contribution is 6.42. The molecular formula is C21H20Cl2N5+. The lowest BCUT2D eigenvalue weighted by atomic mass is 9.54. The maximum atomic E-state index is 10.1. The van der Waals surface area contributed by atoms with E-state index in [9.17, 15) is 15.8 Å². The quantitative estimate of drug-likeness (QED) is 0.729. The van der Waals surface area contributed by atoms with Gasteiger partial charge in [0.2, 0.25) is 0 Å². The Morgan fingerprint density at radius 3 is 2.46 bits per heavy atom. The molecule has 1 aliphatic carbocycles. The minimum atomic E-state index is -1.77. The second kappa shape index (κ2) is 7.57. The molecule has 1 aromatic carbocycles. The van der Waals surface area contributed by atoms with Gasteiger partial charge in [-0.3, -0.25) is 0 Å². The molecule has 1 aliphatic heterocycles. The first kappa shape index (κ1) is 20.4. The van der Waals surface area contributed by atoms with Gasteiger partial charge in [-0.25, -0.2) is 0 Å². The van der Waals surface area contributed by atoms with Crippen molar-refractivity contribution in [1.29, 1.82) is 21.2 Å². The van der Waals surface area contributed by atoms with E-state index in [2.05, 4.69) is 32.1 Å². The summed E-state index contributed by atoms with van der Waals surface area (Å²) in [5, 5.41) is 39.1. The Kier molecular flexibility index (Phi) is 5.51. The Morgan fingerprint density at radius 2 is 1.89 bits per heavy atom. The molecule has 2 unspecified atom stereocenters. The van der Waals surface area contributed by atoms with Crippen LogP contribution in [0.15, 0.2) is 29.8 Å². The maximum absolute atomic E-state index is 10.1. The van der Waals surface area contributed by atoms with Gasteiger partial charge in [0.05, 0.1) is 53.1 Å². The number of benzene rings is 1. The summed E-state index contributed by atoms with van der Waals surface area (Å²) in [7, 11) is 0. The molecule has 2 N–H and O–H groups in total. The molecule has 1 fully saturated rings. The number of hydrogen-bond donors (Lipinski definition) is 2. The second-order valence-corrected chi connectivity index (χ2v) is 8.45. The van der Waals surface area contributed by atoms with Crippen molar-refractivity contribution in [1.82, 2.24) is 0 Å². The summed E-state index contributed by atoms with van der Waals surface area (Å²) in [6, 6.07) is 11.8. The van der Waals surface area contributed by atoms with Crippen molar-refractivity contribution in [3.05, 3.63) is 45.5 Å². The van der Waals surface area contributed by atoms with Crippen LogP contribution in [0.25, 0.3) is 0 Å². The number of quaternary nitrogens is 1.